The highest BCUT2D eigenvalue weighted by atomic mass is 35.5. The second-order valence-electron chi connectivity index (χ2n) is 5.51. The van der Waals surface area contributed by atoms with Gasteiger partial charge in [0.2, 0.25) is 0 Å². The smallest absolute Gasteiger partial charge is 0.270 e. The molecule has 3 rings (SSSR count). The number of carbonyl (C=O) groups excluding carboxylic acids is 1. The predicted octanol–water partition coefficient (Wildman–Crippen LogP) is 3.74. The SMILES string of the molecule is Cc1cccc(C(=O)N[C@@H](c2cc(F)ccc2O)c2[nH]ccc2Cl)n1. The zero-order valence-electron chi connectivity index (χ0n) is 13.3. The minimum absolute atomic E-state index is 0.158. The molecule has 2 heterocycles. The Morgan fingerprint density at radius 2 is 2.12 bits per heavy atom. The molecule has 0 aliphatic carbocycles. The maximum Gasteiger partial charge on any atom is 0.270 e. The zero-order valence-corrected chi connectivity index (χ0v) is 14.0. The number of phenols is 1. The Hall–Kier alpha value is -2.86. The molecule has 0 unspecified atom stereocenters. The average Bonchev–Trinajstić information content (AvgIpc) is 3.00. The lowest BCUT2D eigenvalue weighted by atomic mass is 10.0. The van der Waals surface area contributed by atoms with E-state index in [0.717, 1.165) is 12.1 Å². The van der Waals surface area contributed by atoms with Crippen LogP contribution >= 0.6 is 11.6 Å². The standard InChI is InChI=1S/C18H15ClFN3O2/c1-10-3-2-4-14(22-10)18(25)23-16(17-13(19)7-8-21-17)12-9-11(20)5-6-15(12)24/h2-9,16,21,24H,1H3,(H,23,25)/t16-/m0/s1. The summed E-state index contributed by atoms with van der Waals surface area (Å²) in [6.07, 6.45) is 1.60. The number of nitrogens with zero attached hydrogens (tertiary/aromatic N) is 1. The van der Waals surface area contributed by atoms with Crippen LogP contribution in [0, 0.1) is 12.7 Å². The topological polar surface area (TPSA) is 78.0 Å². The van der Waals surface area contributed by atoms with Gasteiger partial charge in [0.15, 0.2) is 0 Å². The number of carbonyl (C=O) groups is 1. The number of H-pyrrole nitrogens is 1. The number of aromatic hydroxyl groups is 1. The lowest BCUT2D eigenvalue weighted by molar-refractivity contribution is 0.0937. The molecule has 5 nitrogen and oxygen atoms in total. The molecule has 0 aliphatic rings. The molecule has 1 amide bonds. The molecule has 2 aromatic heterocycles. The summed E-state index contributed by atoms with van der Waals surface area (Å²) in [7, 11) is 0. The van der Waals surface area contributed by atoms with Crippen LogP contribution in [-0.2, 0) is 0 Å². The number of halogens is 2. The average molecular weight is 360 g/mol. The van der Waals surface area contributed by atoms with Gasteiger partial charge in [0.05, 0.1) is 16.8 Å². The van der Waals surface area contributed by atoms with Crippen LogP contribution < -0.4 is 5.32 Å². The minimum atomic E-state index is -0.868. The van der Waals surface area contributed by atoms with Gasteiger partial charge in [-0.15, -0.1) is 0 Å². The number of nitrogens with one attached hydrogen (secondary N) is 2. The van der Waals surface area contributed by atoms with Crippen molar-refractivity contribution in [2.24, 2.45) is 0 Å². The lowest BCUT2D eigenvalue weighted by Crippen LogP contribution is -2.30. The molecule has 7 heteroatoms. The second-order valence-corrected chi connectivity index (χ2v) is 5.92. The molecule has 25 heavy (non-hydrogen) atoms. The third kappa shape index (κ3) is 3.64. The van der Waals surface area contributed by atoms with Crippen LogP contribution in [0.5, 0.6) is 5.75 Å². The van der Waals surface area contributed by atoms with Gasteiger partial charge in [0.25, 0.3) is 5.91 Å². The molecular weight excluding hydrogens is 345 g/mol. The number of hydrogen-bond acceptors (Lipinski definition) is 3. The van der Waals surface area contributed by atoms with Crippen molar-refractivity contribution in [3.05, 3.63) is 82.1 Å². The lowest BCUT2D eigenvalue weighted by Gasteiger charge is -2.20. The van der Waals surface area contributed by atoms with Crippen molar-refractivity contribution in [3.63, 3.8) is 0 Å². The minimum Gasteiger partial charge on any atom is -0.508 e. The molecule has 0 radical (unpaired) electrons. The molecule has 0 fully saturated rings. The van der Waals surface area contributed by atoms with Gasteiger partial charge in [-0.25, -0.2) is 9.37 Å². The number of pyridine rings is 1. The first kappa shape index (κ1) is 17.0. The molecule has 1 aromatic carbocycles. The Bertz CT molecular complexity index is 926. The largest absolute Gasteiger partial charge is 0.508 e. The Balaban J connectivity index is 2.02. The number of benzene rings is 1. The molecule has 0 saturated carbocycles. The van der Waals surface area contributed by atoms with Gasteiger partial charge in [0.1, 0.15) is 17.3 Å². The summed E-state index contributed by atoms with van der Waals surface area (Å²) in [4.78, 5) is 19.7. The van der Waals surface area contributed by atoms with E-state index in [9.17, 15) is 14.3 Å². The van der Waals surface area contributed by atoms with Crippen LogP contribution in [-0.4, -0.2) is 21.0 Å². The molecule has 1 atom stereocenters. The van der Waals surface area contributed by atoms with E-state index in [1.807, 2.05) is 0 Å². The summed E-state index contributed by atoms with van der Waals surface area (Å²) < 4.78 is 13.7. The summed E-state index contributed by atoms with van der Waals surface area (Å²) >= 11 is 6.16. The van der Waals surface area contributed by atoms with Crippen molar-refractivity contribution in [1.82, 2.24) is 15.3 Å². The Kier molecular flexibility index (Phi) is 4.72. The Labute approximate surface area is 148 Å². The number of rotatable bonds is 4. The predicted molar refractivity (Wildman–Crippen MR) is 92.2 cm³/mol. The molecule has 3 N–H and O–H groups in total. The van der Waals surface area contributed by atoms with E-state index in [4.69, 9.17) is 11.6 Å². The fourth-order valence-corrected chi connectivity index (χ4v) is 2.75. The van der Waals surface area contributed by atoms with E-state index in [2.05, 4.69) is 15.3 Å². The highest BCUT2D eigenvalue weighted by Crippen LogP contribution is 2.33. The van der Waals surface area contributed by atoms with Crippen molar-refractivity contribution in [3.8, 4) is 5.75 Å². The van der Waals surface area contributed by atoms with Crippen molar-refractivity contribution >= 4 is 17.5 Å². The summed E-state index contributed by atoms with van der Waals surface area (Å²) in [5, 5.41) is 13.2. The van der Waals surface area contributed by atoms with E-state index in [1.54, 1.807) is 37.4 Å². The number of phenolic OH excluding ortho intramolecular Hbond substituents is 1. The van der Waals surface area contributed by atoms with E-state index in [-0.39, 0.29) is 17.0 Å². The monoisotopic (exact) mass is 359 g/mol. The molecule has 0 spiro atoms. The highest BCUT2D eigenvalue weighted by Gasteiger charge is 2.24. The number of amides is 1. The van der Waals surface area contributed by atoms with Crippen LogP contribution in [0.25, 0.3) is 0 Å². The Morgan fingerprint density at radius 1 is 1.32 bits per heavy atom. The van der Waals surface area contributed by atoms with Crippen LogP contribution in [0.15, 0.2) is 48.7 Å². The number of aromatic nitrogens is 2. The third-order valence-electron chi connectivity index (χ3n) is 3.71. The Morgan fingerprint density at radius 3 is 2.80 bits per heavy atom. The number of aryl methyl sites for hydroxylation is 1. The maximum atomic E-state index is 13.7. The molecule has 0 saturated heterocycles. The second kappa shape index (κ2) is 6.94. The highest BCUT2D eigenvalue weighted by molar-refractivity contribution is 6.31. The van der Waals surface area contributed by atoms with Crippen LogP contribution in [0.2, 0.25) is 5.02 Å². The van der Waals surface area contributed by atoms with Crippen molar-refractivity contribution in [2.75, 3.05) is 0 Å². The fraction of sp³-hybridized carbons (Fsp3) is 0.111. The van der Waals surface area contributed by atoms with E-state index in [1.165, 1.54) is 6.07 Å². The van der Waals surface area contributed by atoms with E-state index >= 15 is 0 Å². The van der Waals surface area contributed by atoms with Gasteiger partial charge < -0.3 is 15.4 Å². The van der Waals surface area contributed by atoms with E-state index in [0.29, 0.717) is 16.4 Å². The summed E-state index contributed by atoms with van der Waals surface area (Å²) in [6, 6.07) is 9.32. The zero-order chi connectivity index (χ0) is 18.0. The summed E-state index contributed by atoms with van der Waals surface area (Å²) in [5.41, 5.74) is 1.52. The van der Waals surface area contributed by atoms with Gasteiger partial charge in [0, 0.05) is 17.5 Å². The van der Waals surface area contributed by atoms with Gasteiger partial charge in [-0.1, -0.05) is 17.7 Å². The first-order valence-corrected chi connectivity index (χ1v) is 7.89. The van der Waals surface area contributed by atoms with Gasteiger partial charge in [-0.3, -0.25) is 4.79 Å². The quantitative estimate of drug-likeness (QED) is 0.664. The summed E-state index contributed by atoms with van der Waals surface area (Å²) in [6.45, 7) is 1.77. The first-order valence-electron chi connectivity index (χ1n) is 7.51. The molecule has 0 bridgehead atoms. The number of aromatic amines is 1. The van der Waals surface area contributed by atoms with Gasteiger partial charge >= 0.3 is 0 Å². The van der Waals surface area contributed by atoms with Crippen molar-refractivity contribution in [2.45, 2.75) is 13.0 Å². The van der Waals surface area contributed by atoms with E-state index < -0.39 is 17.8 Å². The molecule has 3 aromatic rings. The van der Waals surface area contributed by atoms with Gasteiger partial charge in [-0.2, -0.15) is 0 Å². The van der Waals surface area contributed by atoms with Crippen LogP contribution in [0.1, 0.15) is 33.5 Å². The normalized spacial score (nSPS) is 12.0. The van der Waals surface area contributed by atoms with Gasteiger partial charge in [-0.05, 0) is 43.3 Å². The first-order chi connectivity index (χ1) is 12.0. The molecule has 0 aliphatic heterocycles. The third-order valence-corrected chi connectivity index (χ3v) is 4.04. The summed E-state index contributed by atoms with van der Waals surface area (Å²) in [5.74, 6) is -1.17. The fourth-order valence-electron chi connectivity index (χ4n) is 2.52. The van der Waals surface area contributed by atoms with Crippen LogP contribution in [0.4, 0.5) is 4.39 Å². The number of hydrogen-bond donors (Lipinski definition) is 3. The molecule has 128 valence electrons. The maximum absolute atomic E-state index is 13.7. The van der Waals surface area contributed by atoms with Crippen molar-refractivity contribution in [1.29, 1.82) is 0 Å². The van der Waals surface area contributed by atoms with Crippen molar-refractivity contribution < 1.29 is 14.3 Å². The van der Waals surface area contributed by atoms with Crippen LogP contribution in [0.3, 0.4) is 0 Å². The molecular formula is C18H15ClFN3O2.